The Balaban J connectivity index is 2.00. The van der Waals surface area contributed by atoms with E-state index in [1.165, 1.54) is 6.20 Å². The second-order valence-electron chi connectivity index (χ2n) is 6.21. The van der Waals surface area contributed by atoms with Gasteiger partial charge in [-0.25, -0.2) is 9.18 Å². The molecule has 7 heteroatoms. The first-order valence-corrected chi connectivity index (χ1v) is 7.51. The van der Waals surface area contributed by atoms with E-state index in [9.17, 15) is 19.1 Å². The molecule has 0 unspecified atom stereocenters. The number of anilines is 1. The Morgan fingerprint density at radius 3 is 2.61 bits per heavy atom. The molecule has 0 amide bonds. The van der Waals surface area contributed by atoms with Crippen molar-refractivity contribution >= 4 is 22.6 Å². The van der Waals surface area contributed by atoms with Crippen molar-refractivity contribution in [1.29, 1.82) is 0 Å². The molecular formula is C16H15FN2O4. The molecule has 3 N–H and O–H groups in total. The third-order valence-corrected chi connectivity index (χ3v) is 4.54. The number of aromatic carboxylic acids is 1. The van der Waals surface area contributed by atoms with Crippen molar-refractivity contribution in [1.82, 2.24) is 4.98 Å². The van der Waals surface area contributed by atoms with Gasteiger partial charge in [0.15, 0.2) is 0 Å². The van der Waals surface area contributed by atoms with E-state index in [4.69, 9.17) is 5.11 Å². The summed E-state index contributed by atoms with van der Waals surface area (Å²) < 4.78 is 14.7. The quantitative estimate of drug-likeness (QED) is 0.796. The highest BCUT2D eigenvalue weighted by Gasteiger charge is 2.36. The van der Waals surface area contributed by atoms with E-state index >= 15 is 0 Å². The number of nitrogens with one attached hydrogen (secondary N) is 1. The average Bonchev–Trinajstić information content (AvgIpc) is 3.28. The Labute approximate surface area is 130 Å². The van der Waals surface area contributed by atoms with Crippen LogP contribution in [0.5, 0.6) is 0 Å². The predicted octanol–water partition coefficient (Wildman–Crippen LogP) is 1.42. The molecule has 2 aromatic rings. The van der Waals surface area contributed by atoms with E-state index in [-0.39, 0.29) is 11.3 Å². The van der Waals surface area contributed by atoms with Gasteiger partial charge >= 0.3 is 5.97 Å². The van der Waals surface area contributed by atoms with Crippen LogP contribution in [0.25, 0.3) is 10.9 Å². The molecule has 1 saturated heterocycles. The maximum Gasteiger partial charge on any atom is 0.341 e. The van der Waals surface area contributed by atoms with Crippen molar-refractivity contribution in [2.24, 2.45) is 0 Å². The number of hydrogen-bond donors (Lipinski definition) is 3. The van der Waals surface area contributed by atoms with Gasteiger partial charge in [-0.05, 0) is 24.8 Å². The van der Waals surface area contributed by atoms with E-state index in [2.05, 4.69) is 4.98 Å². The van der Waals surface area contributed by atoms with Gasteiger partial charge in [-0.1, -0.05) is 0 Å². The van der Waals surface area contributed by atoms with Crippen LogP contribution < -0.4 is 10.3 Å². The number of hydrogen-bond acceptors (Lipinski definition) is 4. The van der Waals surface area contributed by atoms with E-state index < -0.39 is 28.9 Å². The fourth-order valence-electron chi connectivity index (χ4n) is 3.24. The highest BCUT2D eigenvalue weighted by molar-refractivity contribution is 5.95. The number of fused-ring (bicyclic) bond motifs is 1. The van der Waals surface area contributed by atoms with Crippen LogP contribution >= 0.6 is 0 Å². The standard InChI is InChI=1S/C16H15FN2O4/c17-11-3-9-13(18-4-10(15(9)21)16(22)23)12(7-1-2-7)14(11)19-5-8(20)6-19/h3-4,7-8,20H,1-2,5-6H2,(H,18,21)(H,22,23). The first-order valence-electron chi connectivity index (χ1n) is 7.51. The second kappa shape index (κ2) is 4.79. The summed E-state index contributed by atoms with van der Waals surface area (Å²) in [6, 6.07) is 1.10. The number of β-amino-alcohol motifs (C(OH)–C–C–N with tert-alkyl or cyclic N) is 1. The summed E-state index contributed by atoms with van der Waals surface area (Å²) in [4.78, 5) is 28.0. The number of aromatic amines is 1. The lowest BCUT2D eigenvalue weighted by Crippen LogP contribution is -2.51. The smallest absolute Gasteiger partial charge is 0.341 e. The average molecular weight is 318 g/mol. The normalized spacial score (nSPS) is 18.3. The number of carbonyl (C=O) groups is 1. The van der Waals surface area contributed by atoms with Gasteiger partial charge in [-0.3, -0.25) is 4.79 Å². The lowest BCUT2D eigenvalue weighted by atomic mass is 9.98. The number of aromatic nitrogens is 1. The summed E-state index contributed by atoms with van der Waals surface area (Å²) in [5.41, 5.74) is 0.568. The molecule has 120 valence electrons. The molecule has 6 nitrogen and oxygen atoms in total. The van der Waals surface area contributed by atoms with Gasteiger partial charge in [0.05, 0.1) is 17.3 Å². The van der Waals surface area contributed by atoms with Crippen LogP contribution in [0.15, 0.2) is 17.1 Å². The molecule has 2 heterocycles. The van der Waals surface area contributed by atoms with Gasteiger partial charge in [-0.2, -0.15) is 0 Å². The predicted molar refractivity (Wildman–Crippen MR) is 81.7 cm³/mol. The van der Waals surface area contributed by atoms with Crippen molar-refractivity contribution in [3.05, 3.63) is 39.4 Å². The van der Waals surface area contributed by atoms with Gasteiger partial charge in [0.1, 0.15) is 11.4 Å². The SMILES string of the molecule is O=C(O)c1c[nH]c2c(C3CC3)c(N3CC(O)C3)c(F)cc2c1=O. The number of benzene rings is 1. The first-order chi connectivity index (χ1) is 11.0. The fourth-order valence-corrected chi connectivity index (χ4v) is 3.24. The second-order valence-corrected chi connectivity index (χ2v) is 6.21. The lowest BCUT2D eigenvalue weighted by molar-refractivity contribution is 0.0695. The summed E-state index contributed by atoms with van der Waals surface area (Å²) in [6.45, 7) is 0.721. The molecule has 4 rings (SSSR count). The molecule has 1 aromatic carbocycles. The van der Waals surface area contributed by atoms with Crippen molar-refractivity contribution in [2.45, 2.75) is 24.9 Å². The molecule has 0 radical (unpaired) electrons. The molecule has 0 atom stereocenters. The number of halogens is 1. The van der Waals surface area contributed by atoms with E-state index in [0.717, 1.165) is 24.5 Å². The Morgan fingerprint density at radius 1 is 1.35 bits per heavy atom. The lowest BCUT2D eigenvalue weighted by Gasteiger charge is -2.39. The Hall–Kier alpha value is -2.41. The fraction of sp³-hybridized carbons (Fsp3) is 0.375. The number of nitrogens with zero attached hydrogens (tertiary/aromatic N) is 1. The third-order valence-electron chi connectivity index (χ3n) is 4.54. The highest BCUT2D eigenvalue weighted by atomic mass is 19.1. The Bertz CT molecular complexity index is 882. The Morgan fingerprint density at radius 2 is 2.04 bits per heavy atom. The minimum absolute atomic E-state index is 0.0640. The molecule has 0 spiro atoms. The Kier molecular flexibility index (Phi) is 2.96. The van der Waals surface area contributed by atoms with Crippen molar-refractivity contribution in [2.75, 3.05) is 18.0 Å². The highest BCUT2D eigenvalue weighted by Crippen LogP contribution is 2.48. The third kappa shape index (κ3) is 2.11. The zero-order valence-electron chi connectivity index (χ0n) is 12.2. The number of H-pyrrole nitrogens is 1. The van der Waals surface area contributed by atoms with Crippen LogP contribution in [-0.2, 0) is 0 Å². The van der Waals surface area contributed by atoms with Crippen LogP contribution in [0.3, 0.4) is 0 Å². The maximum absolute atomic E-state index is 14.7. The van der Waals surface area contributed by atoms with E-state index in [1.807, 2.05) is 0 Å². The van der Waals surface area contributed by atoms with E-state index in [0.29, 0.717) is 24.3 Å². The number of carboxylic acids is 1. The monoisotopic (exact) mass is 318 g/mol. The molecule has 0 bridgehead atoms. The van der Waals surface area contributed by atoms with Gasteiger partial charge in [-0.15, -0.1) is 0 Å². The number of rotatable bonds is 3. The van der Waals surface area contributed by atoms with Gasteiger partial charge in [0.2, 0.25) is 5.43 Å². The summed E-state index contributed by atoms with van der Waals surface area (Å²) in [7, 11) is 0. The summed E-state index contributed by atoms with van der Waals surface area (Å²) in [5.74, 6) is -1.72. The van der Waals surface area contributed by atoms with Crippen LogP contribution in [0, 0.1) is 5.82 Å². The number of aliphatic hydroxyl groups excluding tert-OH is 1. The number of aliphatic hydroxyl groups is 1. The maximum atomic E-state index is 14.7. The zero-order valence-corrected chi connectivity index (χ0v) is 12.2. The minimum atomic E-state index is -1.34. The molecule has 2 aliphatic rings. The minimum Gasteiger partial charge on any atom is -0.477 e. The molecule has 1 aliphatic heterocycles. The summed E-state index contributed by atoms with van der Waals surface area (Å²) in [6.07, 6.45) is 2.52. The largest absolute Gasteiger partial charge is 0.477 e. The molecular weight excluding hydrogens is 303 g/mol. The molecule has 1 aromatic heterocycles. The summed E-state index contributed by atoms with van der Waals surface area (Å²) in [5, 5.41) is 18.6. The van der Waals surface area contributed by atoms with Crippen molar-refractivity contribution < 1.29 is 19.4 Å². The topological polar surface area (TPSA) is 93.6 Å². The summed E-state index contributed by atoms with van der Waals surface area (Å²) >= 11 is 0. The molecule has 1 saturated carbocycles. The van der Waals surface area contributed by atoms with Gasteiger partial charge < -0.3 is 20.1 Å². The molecule has 23 heavy (non-hydrogen) atoms. The van der Waals surface area contributed by atoms with Crippen LogP contribution in [0.1, 0.15) is 34.7 Å². The van der Waals surface area contributed by atoms with Crippen molar-refractivity contribution in [3.8, 4) is 0 Å². The van der Waals surface area contributed by atoms with Crippen LogP contribution in [0.2, 0.25) is 0 Å². The molecule has 1 aliphatic carbocycles. The van der Waals surface area contributed by atoms with Gasteiger partial charge in [0.25, 0.3) is 0 Å². The number of pyridine rings is 1. The van der Waals surface area contributed by atoms with Crippen LogP contribution in [-0.4, -0.2) is 40.4 Å². The van der Waals surface area contributed by atoms with Gasteiger partial charge in [0, 0.05) is 30.2 Å². The zero-order chi connectivity index (χ0) is 16.3. The van der Waals surface area contributed by atoms with Crippen molar-refractivity contribution in [3.63, 3.8) is 0 Å². The first kappa shape index (κ1) is 14.2. The number of carboxylic acid groups (broad SMARTS) is 1. The van der Waals surface area contributed by atoms with Crippen LogP contribution in [0.4, 0.5) is 10.1 Å². The molecule has 2 fully saturated rings. The van der Waals surface area contributed by atoms with E-state index in [1.54, 1.807) is 4.90 Å².